The van der Waals surface area contributed by atoms with Crippen molar-refractivity contribution < 1.29 is 5.11 Å². The molecule has 0 heterocycles. The van der Waals surface area contributed by atoms with Gasteiger partial charge >= 0.3 is 0 Å². The molecule has 2 rings (SSSR count). The predicted octanol–water partition coefficient (Wildman–Crippen LogP) is 2.15. The Morgan fingerprint density at radius 3 is 2.71 bits per heavy atom. The molecule has 0 saturated heterocycles. The van der Waals surface area contributed by atoms with Crippen molar-refractivity contribution in [2.75, 3.05) is 18.1 Å². The van der Waals surface area contributed by atoms with Gasteiger partial charge in [-0.3, -0.25) is 0 Å². The summed E-state index contributed by atoms with van der Waals surface area (Å²) >= 11 is 5.98. The Kier molecular flexibility index (Phi) is 4.26. The van der Waals surface area contributed by atoms with Gasteiger partial charge < -0.3 is 15.7 Å². The van der Waals surface area contributed by atoms with Crippen LogP contribution in [0, 0.1) is 0 Å². The van der Waals surface area contributed by atoms with E-state index in [1.165, 1.54) is 19.3 Å². The normalized spacial score (nSPS) is 15.7. The van der Waals surface area contributed by atoms with Crippen LogP contribution in [-0.2, 0) is 6.54 Å². The van der Waals surface area contributed by atoms with Crippen LogP contribution in [0.15, 0.2) is 18.2 Å². The van der Waals surface area contributed by atoms with Gasteiger partial charge in [0, 0.05) is 29.8 Å². The Hall–Kier alpha value is -0.770. The molecular formula is C13H19ClN2O. The van der Waals surface area contributed by atoms with Crippen LogP contribution in [0.4, 0.5) is 5.69 Å². The first-order valence-electron chi connectivity index (χ1n) is 6.12. The van der Waals surface area contributed by atoms with E-state index >= 15 is 0 Å². The van der Waals surface area contributed by atoms with Crippen molar-refractivity contribution >= 4 is 17.3 Å². The van der Waals surface area contributed by atoms with Gasteiger partial charge in [-0.25, -0.2) is 0 Å². The van der Waals surface area contributed by atoms with E-state index in [0.29, 0.717) is 24.2 Å². The molecule has 17 heavy (non-hydrogen) atoms. The van der Waals surface area contributed by atoms with E-state index in [1.807, 2.05) is 18.2 Å². The topological polar surface area (TPSA) is 49.5 Å². The predicted molar refractivity (Wildman–Crippen MR) is 71.4 cm³/mol. The van der Waals surface area contributed by atoms with E-state index in [4.69, 9.17) is 17.3 Å². The fraction of sp³-hybridized carbons (Fsp3) is 0.538. The molecule has 0 atom stereocenters. The van der Waals surface area contributed by atoms with Crippen LogP contribution < -0.4 is 10.6 Å². The van der Waals surface area contributed by atoms with E-state index in [-0.39, 0.29) is 6.61 Å². The van der Waals surface area contributed by atoms with Crippen LogP contribution in [0.5, 0.6) is 0 Å². The van der Waals surface area contributed by atoms with Crippen LogP contribution in [0.25, 0.3) is 0 Å². The number of hydrogen-bond donors (Lipinski definition) is 2. The molecule has 0 amide bonds. The summed E-state index contributed by atoms with van der Waals surface area (Å²) < 4.78 is 0. The summed E-state index contributed by atoms with van der Waals surface area (Å²) in [4.78, 5) is 2.27. The molecule has 0 aromatic heterocycles. The fourth-order valence-corrected chi connectivity index (χ4v) is 2.50. The van der Waals surface area contributed by atoms with Gasteiger partial charge in [0.1, 0.15) is 0 Å². The number of benzene rings is 1. The quantitative estimate of drug-likeness (QED) is 0.847. The van der Waals surface area contributed by atoms with Crippen molar-refractivity contribution in [3.8, 4) is 0 Å². The van der Waals surface area contributed by atoms with Crippen molar-refractivity contribution in [3.05, 3.63) is 28.8 Å². The number of nitrogens with zero attached hydrogens (tertiary/aromatic N) is 1. The van der Waals surface area contributed by atoms with Gasteiger partial charge in [0.05, 0.1) is 6.61 Å². The molecule has 4 heteroatoms. The molecule has 3 nitrogen and oxygen atoms in total. The fourth-order valence-electron chi connectivity index (χ4n) is 2.30. The number of rotatable bonds is 5. The minimum atomic E-state index is 0.170. The summed E-state index contributed by atoms with van der Waals surface area (Å²) in [5.74, 6) is 0. The van der Waals surface area contributed by atoms with Crippen molar-refractivity contribution in [2.24, 2.45) is 5.73 Å². The molecule has 1 aliphatic carbocycles. The molecule has 1 aromatic carbocycles. The van der Waals surface area contributed by atoms with Crippen molar-refractivity contribution in [1.82, 2.24) is 0 Å². The third kappa shape index (κ3) is 2.73. The zero-order chi connectivity index (χ0) is 12.3. The highest BCUT2D eigenvalue weighted by atomic mass is 35.5. The molecule has 0 bridgehead atoms. The molecule has 1 aromatic rings. The number of aliphatic hydroxyl groups is 1. The Bertz CT molecular complexity index is 380. The average molecular weight is 255 g/mol. The van der Waals surface area contributed by atoms with Crippen LogP contribution in [0.2, 0.25) is 5.02 Å². The molecule has 0 spiro atoms. The molecule has 0 unspecified atom stereocenters. The first kappa shape index (κ1) is 12.7. The van der Waals surface area contributed by atoms with E-state index in [9.17, 15) is 5.11 Å². The molecule has 1 aliphatic rings. The lowest BCUT2D eigenvalue weighted by Gasteiger charge is -2.40. The van der Waals surface area contributed by atoms with E-state index < -0.39 is 0 Å². The zero-order valence-corrected chi connectivity index (χ0v) is 10.7. The standard InChI is InChI=1S/C13H19ClN2O/c14-11-4-5-13(10(8-11)9-15)16(6-7-17)12-2-1-3-12/h4-5,8,12,17H,1-3,6-7,9,15H2. The number of anilines is 1. The summed E-state index contributed by atoms with van der Waals surface area (Å²) in [5, 5.41) is 9.90. The lowest BCUT2D eigenvalue weighted by Crippen LogP contribution is -2.42. The maximum absolute atomic E-state index is 9.19. The van der Waals surface area contributed by atoms with Crippen LogP contribution in [0.3, 0.4) is 0 Å². The molecule has 1 saturated carbocycles. The summed E-state index contributed by atoms with van der Waals surface area (Å²) in [5.41, 5.74) is 7.94. The van der Waals surface area contributed by atoms with Crippen molar-refractivity contribution in [2.45, 2.75) is 31.8 Å². The maximum Gasteiger partial charge on any atom is 0.0606 e. The Balaban J connectivity index is 2.27. The smallest absolute Gasteiger partial charge is 0.0606 e. The first-order valence-corrected chi connectivity index (χ1v) is 6.50. The Morgan fingerprint density at radius 2 is 2.18 bits per heavy atom. The van der Waals surface area contributed by atoms with E-state index in [2.05, 4.69) is 4.90 Å². The molecule has 0 radical (unpaired) electrons. The maximum atomic E-state index is 9.19. The number of hydrogen-bond acceptors (Lipinski definition) is 3. The second-order valence-corrected chi connectivity index (χ2v) is 4.92. The van der Waals surface area contributed by atoms with Gasteiger partial charge in [-0.15, -0.1) is 0 Å². The SMILES string of the molecule is NCc1cc(Cl)ccc1N(CCO)C1CCC1. The average Bonchev–Trinajstić information content (AvgIpc) is 2.26. The summed E-state index contributed by atoms with van der Waals surface area (Å²) in [7, 11) is 0. The molecular weight excluding hydrogens is 236 g/mol. The highest BCUT2D eigenvalue weighted by Gasteiger charge is 2.25. The van der Waals surface area contributed by atoms with Gasteiger partial charge in [0.25, 0.3) is 0 Å². The minimum absolute atomic E-state index is 0.170. The van der Waals surface area contributed by atoms with Crippen molar-refractivity contribution in [3.63, 3.8) is 0 Å². The van der Waals surface area contributed by atoms with Gasteiger partial charge in [0.15, 0.2) is 0 Å². The lowest BCUT2D eigenvalue weighted by molar-refractivity contribution is 0.283. The Morgan fingerprint density at radius 1 is 1.41 bits per heavy atom. The highest BCUT2D eigenvalue weighted by Crippen LogP contribution is 2.32. The summed E-state index contributed by atoms with van der Waals surface area (Å²) in [6.07, 6.45) is 3.68. The zero-order valence-electron chi connectivity index (χ0n) is 9.90. The largest absolute Gasteiger partial charge is 0.395 e. The van der Waals surface area contributed by atoms with Crippen LogP contribution in [-0.4, -0.2) is 24.3 Å². The summed E-state index contributed by atoms with van der Waals surface area (Å²) in [6, 6.07) is 6.37. The first-order chi connectivity index (χ1) is 8.26. The number of nitrogens with two attached hydrogens (primary N) is 1. The van der Waals surface area contributed by atoms with Gasteiger partial charge in [0.2, 0.25) is 0 Å². The molecule has 94 valence electrons. The monoisotopic (exact) mass is 254 g/mol. The van der Waals surface area contributed by atoms with E-state index in [0.717, 1.165) is 11.3 Å². The van der Waals surface area contributed by atoms with Gasteiger partial charge in [-0.1, -0.05) is 11.6 Å². The number of halogens is 1. The third-order valence-corrected chi connectivity index (χ3v) is 3.66. The molecule has 1 fully saturated rings. The molecule has 0 aliphatic heterocycles. The third-order valence-electron chi connectivity index (χ3n) is 3.43. The minimum Gasteiger partial charge on any atom is -0.395 e. The molecule has 3 N–H and O–H groups in total. The second-order valence-electron chi connectivity index (χ2n) is 4.48. The summed E-state index contributed by atoms with van der Waals surface area (Å²) in [6.45, 7) is 1.31. The van der Waals surface area contributed by atoms with Crippen molar-refractivity contribution in [1.29, 1.82) is 0 Å². The van der Waals surface area contributed by atoms with Gasteiger partial charge in [-0.2, -0.15) is 0 Å². The van der Waals surface area contributed by atoms with Gasteiger partial charge in [-0.05, 0) is 43.0 Å². The van der Waals surface area contributed by atoms with Crippen LogP contribution >= 0.6 is 11.6 Å². The highest BCUT2D eigenvalue weighted by molar-refractivity contribution is 6.30. The number of aliphatic hydroxyl groups excluding tert-OH is 1. The van der Waals surface area contributed by atoms with Crippen LogP contribution in [0.1, 0.15) is 24.8 Å². The van der Waals surface area contributed by atoms with E-state index in [1.54, 1.807) is 0 Å². The second kappa shape index (κ2) is 5.71. The Labute approximate surface area is 107 Å². The lowest BCUT2D eigenvalue weighted by atomic mass is 9.90.